The number of sulfonamides is 1. The molecule has 1 aliphatic heterocycles. The fourth-order valence-electron chi connectivity index (χ4n) is 4.10. The van der Waals surface area contributed by atoms with Crippen LogP contribution in [0.2, 0.25) is 0 Å². The molecule has 158 valence electrons. The molecule has 3 aromatic rings. The third kappa shape index (κ3) is 3.93. The van der Waals surface area contributed by atoms with Gasteiger partial charge in [0.05, 0.1) is 10.6 Å². The number of rotatable bonds is 5. The van der Waals surface area contributed by atoms with Crippen molar-refractivity contribution in [2.24, 2.45) is 5.92 Å². The average molecular weight is 432 g/mol. The predicted molar refractivity (Wildman–Crippen MR) is 123 cm³/mol. The van der Waals surface area contributed by atoms with E-state index in [2.05, 4.69) is 0 Å². The quantitative estimate of drug-likeness (QED) is 0.545. The summed E-state index contributed by atoms with van der Waals surface area (Å²) in [7, 11) is -4.06. The van der Waals surface area contributed by atoms with Gasteiger partial charge >= 0.3 is 0 Å². The van der Waals surface area contributed by atoms with Crippen molar-refractivity contribution < 1.29 is 13.2 Å². The van der Waals surface area contributed by atoms with Crippen molar-refractivity contribution in [1.82, 2.24) is 4.31 Å². The smallest absolute Gasteiger partial charge is 0.270 e. The van der Waals surface area contributed by atoms with E-state index < -0.39 is 21.8 Å². The topological polar surface area (TPSA) is 54.5 Å². The van der Waals surface area contributed by atoms with Crippen LogP contribution >= 0.6 is 0 Å². The first-order valence-electron chi connectivity index (χ1n) is 10.4. The molecule has 0 aliphatic carbocycles. The zero-order chi connectivity index (χ0) is 22.0. The van der Waals surface area contributed by atoms with E-state index in [1.165, 1.54) is 0 Å². The second-order valence-corrected chi connectivity index (χ2v) is 9.58. The molecule has 1 heterocycles. The fourth-order valence-corrected chi connectivity index (χ4v) is 5.58. The zero-order valence-electron chi connectivity index (χ0n) is 17.6. The highest BCUT2D eigenvalue weighted by molar-refractivity contribution is 7.90. The second-order valence-electron chi connectivity index (χ2n) is 7.79. The van der Waals surface area contributed by atoms with Crippen LogP contribution in [0.3, 0.4) is 0 Å². The van der Waals surface area contributed by atoms with E-state index in [1.807, 2.05) is 80.6 Å². The van der Waals surface area contributed by atoms with Gasteiger partial charge in [-0.3, -0.25) is 4.79 Å². The Morgan fingerprint density at radius 1 is 0.839 bits per heavy atom. The van der Waals surface area contributed by atoms with Gasteiger partial charge in [-0.25, -0.2) is 12.7 Å². The van der Waals surface area contributed by atoms with Gasteiger partial charge in [0.25, 0.3) is 10.0 Å². The van der Waals surface area contributed by atoms with E-state index >= 15 is 0 Å². The molecule has 0 spiro atoms. The van der Waals surface area contributed by atoms with E-state index in [4.69, 9.17) is 0 Å². The molecule has 5 heteroatoms. The van der Waals surface area contributed by atoms with Gasteiger partial charge in [0.15, 0.2) is 0 Å². The lowest BCUT2D eigenvalue weighted by Crippen LogP contribution is -2.44. The number of amides is 1. The molecule has 0 unspecified atom stereocenters. The van der Waals surface area contributed by atoms with Gasteiger partial charge in [-0.2, -0.15) is 0 Å². The maximum absolute atomic E-state index is 13.7. The highest BCUT2D eigenvalue weighted by atomic mass is 32.2. The third-order valence-electron chi connectivity index (χ3n) is 5.76. The van der Waals surface area contributed by atoms with E-state index in [-0.39, 0.29) is 10.8 Å². The monoisotopic (exact) mass is 431 g/mol. The summed E-state index contributed by atoms with van der Waals surface area (Å²) in [4.78, 5) is 13.8. The van der Waals surface area contributed by atoms with Crippen molar-refractivity contribution >= 4 is 21.6 Å². The minimum Gasteiger partial charge on any atom is -0.273 e. The summed E-state index contributed by atoms with van der Waals surface area (Å²) >= 11 is 0. The second kappa shape index (κ2) is 8.52. The highest BCUT2D eigenvalue weighted by Crippen LogP contribution is 2.42. The molecule has 4 rings (SSSR count). The zero-order valence-corrected chi connectivity index (χ0v) is 18.4. The number of nitrogens with zero attached hydrogens (tertiary/aromatic N) is 1. The van der Waals surface area contributed by atoms with Gasteiger partial charge in [0, 0.05) is 11.8 Å². The van der Waals surface area contributed by atoms with Crippen LogP contribution in [0.25, 0.3) is 5.70 Å². The summed E-state index contributed by atoms with van der Waals surface area (Å²) in [5, 5.41) is 0. The van der Waals surface area contributed by atoms with Crippen LogP contribution < -0.4 is 0 Å². The van der Waals surface area contributed by atoms with E-state index in [0.717, 1.165) is 15.4 Å². The number of aryl methyl sites for hydroxylation is 1. The lowest BCUT2D eigenvalue weighted by Gasteiger charge is -2.36. The molecule has 0 bridgehead atoms. The number of benzene rings is 3. The van der Waals surface area contributed by atoms with Crippen molar-refractivity contribution in [2.45, 2.75) is 31.1 Å². The predicted octanol–water partition coefficient (Wildman–Crippen LogP) is 5.38. The Labute approximate surface area is 183 Å². The Morgan fingerprint density at radius 3 is 2.00 bits per heavy atom. The SMILES string of the molecule is CC[C@H]1C(=O)N(S(=O)(=O)c2ccc(C)cc2)C(c2ccccc2)=C[C@@H]1c1ccccc1. The summed E-state index contributed by atoms with van der Waals surface area (Å²) in [5.41, 5.74) is 3.06. The summed E-state index contributed by atoms with van der Waals surface area (Å²) in [6, 6.07) is 25.7. The first-order chi connectivity index (χ1) is 14.9. The van der Waals surface area contributed by atoms with Crippen LogP contribution in [0.1, 0.15) is 36.0 Å². The third-order valence-corrected chi connectivity index (χ3v) is 7.49. The lowest BCUT2D eigenvalue weighted by molar-refractivity contribution is -0.129. The molecular weight excluding hydrogens is 406 g/mol. The Balaban J connectivity index is 1.92. The first-order valence-corrected chi connectivity index (χ1v) is 11.9. The van der Waals surface area contributed by atoms with Crippen molar-refractivity contribution in [3.05, 3.63) is 108 Å². The minimum absolute atomic E-state index is 0.112. The first kappa shape index (κ1) is 21.1. The van der Waals surface area contributed by atoms with E-state index in [9.17, 15) is 13.2 Å². The van der Waals surface area contributed by atoms with Crippen LogP contribution in [0.4, 0.5) is 0 Å². The molecule has 2 atom stereocenters. The Kier molecular flexibility index (Phi) is 5.79. The number of hydrogen-bond donors (Lipinski definition) is 0. The summed E-state index contributed by atoms with van der Waals surface area (Å²) < 4.78 is 28.3. The number of carbonyl (C=O) groups excluding carboxylic acids is 1. The van der Waals surface area contributed by atoms with Crippen molar-refractivity contribution in [2.75, 3.05) is 0 Å². The van der Waals surface area contributed by atoms with Gasteiger partial charge in [0.2, 0.25) is 5.91 Å². The highest BCUT2D eigenvalue weighted by Gasteiger charge is 2.43. The van der Waals surface area contributed by atoms with Crippen molar-refractivity contribution in [3.63, 3.8) is 0 Å². The van der Waals surface area contributed by atoms with Gasteiger partial charge in [-0.1, -0.05) is 91.4 Å². The van der Waals surface area contributed by atoms with Crippen LogP contribution in [0.5, 0.6) is 0 Å². The largest absolute Gasteiger partial charge is 0.273 e. The Bertz CT molecular complexity index is 1200. The van der Waals surface area contributed by atoms with Crippen LogP contribution in [0, 0.1) is 12.8 Å². The average Bonchev–Trinajstić information content (AvgIpc) is 2.79. The molecule has 1 amide bonds. The number of allylic oxidation sites excluding steroid dienone is 1. The molecule has 0 aromatic heterocycles. The van der Waals surface area contributed by atoms with Gasteiger partial charge in [0.1, 0.15) is 0 Å². The number of hydrogen-bond acceptors (Lipinski definition) is 3. The van der Waals surface area contributed by atoms with Crippen LogP contribution in [-0.4, -0.2) is 18.6 Å². The van der Waals surface area contributed by atoms with Crippen LogP contribution in [-0.2, 0) is 14.8 Å². The lowest BCUT2D eigenvalue weighted by atomic mass is 9.80. The van der Waals surface area contributed by atoms with Gasteiger partial charge in [-0.15, -0.1) is 0 Å². The normalized spacial score (nSPS) is 19.2. The van der Waals surface area contributed by atoms with Crippen molar-refractivity contribution in [1.29, 1.82) is 0 Å². The van der Waals surface area contributed by atoms with E-state index in [1.54, 1.807) is 24.3 Å². The summed E-state index contributed by atoms with van der Waals surface area (Å²) in [6.45, 7) is 3.83. The molecule has 0 fully saturated rings. The molecule has 31 heavy (non-hydrogen) atoms. The van der Waals surface area contributed by atoms with E-state index in [0.29, 0.717) is 17.7 Å². The van der Waals surface area contributed by atoms with Crippen molar-refractivity contribution in [3.8, 4) is 0 Å². The summed E-state index contributed by atoms with van der Waals surface area (Å²) in [5.74, 6) is -1.05. The molecule has 0 radical (unpaired) electrons. The van der Waals surface area contributed by atoms with Gasteiger partial charge in [-0.05, 0) is 36.6 Å². The molecule has 0 saturated carbocycles. The molecule has 4 nitrogen and oxygen atoms in total. The Morgan fingerprint density at radius 2 is 1.42 bits per heavy atom. The molecule has 0 N–H and O–H groups in total. The Hall–Kier alpha value is -3.18. The summed E-state index contributed by atoms with van der Waals surface area (Å²) in [6.07, 6.45) is 2.48. The maximum atomic E-state index is 13.7. The van der Waals surface area contributed by atoms with Gasteiger partial charge < -0.3 is 0 Å². The molecule has 3 aromatic carbocycles. The fraction of sp³-hybridized carbons (Fsp3) is 0.192. The molecule has 0 saturated heterocycles. The molecule has 1 aliphatic rings. The molecular formula is C26H25NO3S. The van der Waals surface area contributed by atoms with Crippen LogP contribution in [0.15, 0.2) is 95.9 Å². The maximum Gasteiger partial charge on any atom is 0.270 e. The number of carbonyl (C=O) groups is 1. The standard InChI is InChI=1S/C26H25NO3S/c1-3-23-24(20-10-6-4-7-11-20)18-25(21-12-8-5-9-13-21)27(26(23)28)31(29,30)22-16-14-19(2)15-17-22/h4-18,23-24H,3H2,1-2H3/t23-,24-/m1/s1. The minimum atomic E-state index is -4.06.